The standard InChI is InChI=1S/C18H26ClN3O3/c1-4-20-18(22-11-13(2)14(12-22)17(23)24-3)21-9-10-25-16-8-6-5-7-15(16)19/h5-8,13-14H,4,9-12H2,1-3H3,(H,20,21). The summed E-state index contributed by atoms with van der Waals surface area (Å²) in [5.41, 5.74) is 0. The van der Waals surface area contributed by atoms with Crippen molar-refractivity contribution in [3.8, 4) is 5.75 Å². The Bertz CT molecular complexity index is 609. The van der Waals surface area contributed by atoms with Crippen molar-refractivity contribution in [3.05, 3.63) is 29.3 Å². The van der Waals surface area contributed by atoms with Crippen molar-refractivity contribution in [2.24, 2.45) is 16.8 Å². The lowest BCUT2D eigenvalue weighted by Gasteiger charge is -2.21. The van der Waals surface area contributed by atoms with Crippen molar-refractivity contribution in [2.75, 3.05) is 39.9 Å². The molecule has 1 saturated heterocycles. The van der Waals surface area contributed by atoms with Gasteiger partial charge in [0, 0.05) is 19.6 Å². The van der Waals surface area contributed by atoms with Crippen LogP contribution < -0.4 is 10.1 Å². The molecule has 0 bridgehead atoms. The van der Waals surface area contributed by atoms with Gasteiger partial charge in [0.05, 0.1) is 24.6 Å². The third kappa shape index (κ3) is 5.26. The Kier molecular flexibility index (Phi) is 7.37. The zero-order chi connectivity index (χ0) is 18.2. The van der Waals surface area contributed by atoms with E-state index < -0.39 is 0 Å². The van der Waals surface area contributed by atoms with Crippen LogP contribution in [0.15, 0.2) is 29.3 Å². The Hall–Kier alpha value is -1.95. The molecule has 25 heavy (non-hydrogen) atoms. The lowest BCUT2D eigenvalue weighted by molar-refractivity contribution is -0.145. The molecule has 1 aliphatic heterocycles. The number of aliphatic imine (C=N–C) groups is 1. The summed E-state index contributed by atoms with van der Waals surface area (Å²) in [6.07, 6.45) is 0. The normalized spacial score (nSPS) is 20.5. The largest absolute Gasteiger partial charge is 0.490 e. The number of nitrogens with zero attached hydrogens (tertiary/aromatic N) is 2. The Labute approximate surface area is 154 Å². The first kappa shape index (κ1) is 19.4. The summed E-state index contributed by atoms with van der Waals surface area (Å²) >= 11 is 6.07. The van der Waals surface area contributed by atoms with Gasteiger partial charge in [-0.1, -0.05) is 30.7 Å². The third-order valence-corrected chi connectivity index (χ3v) is 4.51. The number of carbonyl (C=O) groups excluding carboxylic acids is 1. The smallest absolute Gasteiger partial charge is 0.310 e. The SMILES string of the molecule is CCNC(=NCCOc1ccccc1Cl)N1CC(C)C(C(=O)OC)C1. The van der Waals surface area contributed by atoms with Crippen LogP contribution in [0.5, 0.6) is 5.75 Å². The molecule has 2 rings (SSSR count). The summed E-state index contributed by atoms with van der Waals surface area (Å²) in [6.45, 7) is 7.17. The van der Waals surface area contributed by atoms with E-state index >= 15 is 0 Å². The van der Waals surface area contributed by atoms with E-state index in [1.54, 1.807) is 6.07 Å². The molecule has 6 nitrogen and oxygen atoms in total. The molecule has 1 heterocycles. The number of methoxy groups -OCH3 is 1. The van der Waals surface area contributed by atoms with E-state index in [1.165, 1.54) is 7.11 Å². The molecule has 0 amide bonds. The molecule has 7 heteroatoms. The first-order chi connectivity index (χ1) is 12.1. The molecule has 2 unspecified atom stereocenters. The van der Waals surface area contributed by atoms with E-state index in [-0.39, 0.29) is 17.8 Å². The monoisotopic (exact) mass is 367 g/mol. The molecule has 2 atom stereocenters. The van der Waals surface area contributed by atoms with Crippen LogP contribution in [-0.2, 0) is 9.53 Å². The van der Waals surface area contributed by atoms with E-state index in [0.717, 1.165) is 19.0 Å². The number of halogens is 1. The van der Waals surface area contributed by atoms with Gasteiger partial charge in [-0.3, -0.25) is 4.79 Å². The third-order valence-electron chi connectivity index (χ3n) is 4.20. The van der Waals surface area contributed by atoms with Crippen LogP contribution in [-0.4, -0.2) is 56.7 Å². The molecule has 0 saturated carbocycles. The number of para-hydroxylation sites is 1. The minimum absolute atomic E-state index is 0.117. The lowest BCUT2D eigenvalue weighted by atomic mass is 9.99. The average molecular weight is 368 g/mol. The maximum atomic E-state index is 11.9. The van der Waals surface area contributed by atoms with E-state index in [4.69, 9.17) is 21.1 Å². The molecule has 0 aliphatic carbocycles. The number of esters is 1. The molecular weight excluding hydrogens is 342 g/mol. The van der Waals surface area contributed by atoms with Gasteiger partial charge in [-0.05, 0) is 25.0 Å². The molecule has 1 fully saturated rings. The second kappa shape index (κ2) is 9.51. The maximum Gasteiger partial charge on any atom is 0.310 e. The molecule has 1 aromatic carbocycles. The van der Waals surface area contributed by atoms with Gasteiger partial charge in [0.2, 0.25) is 0 Å². The highest BCUT2D eigenvalue weighted by Crippen LogP contribution is 2.24. The number of likely N-dealkylation sites (tertiary alicyclic amines) is 1. The number of hydrogen-bond donors (Lipinski definition) is 1. The molecule has 1 N–H and O–H groups in total. The van der Waals surface area contributed by atoms with Crippen molar-refractivity contribution in [3.63, 3.8) is 0 Å². The van der Waals surface area contributed by atoms with Gasteiger partial charge in [-0.25, -0.2) is 4.99 Å². The van der Waals surface area contributed by atoms with E-state index in [2.05, 4.69) is 22.1 Å². The summed E-state index contributed by atoms with van der Waals surface area (Å²) in [6, 6.07) is 7.37. The van der Waals surface area contributed by atoms with E-state index in [0.29, 0.717) is 30.5 Å². The fourth-order valence-electron chi connectivity index (χ4n) is 2.89. The average Bonchev–Trinajstić information content (AvgIpc) is 3.00. The highest BCUT2D eigenvalue weighted by Gasteiger charge is 2.36. The van der Waals surface area contributed by atoms with Crippen LogP contribution in [0.4, 0.5) is 0 Å². The minimum Gasteiger partial charge on any atom is -0.490 e. The summed E-state index contributed by atoms with van der Waals surface area (Å²) in [4.78, 5) is 18.6. The number of hydrogen-bond acceptors (Lipinski definition) is 4. The summed E-state index contributed by atoms with van der Waals surface area (Å²) in [5, 5.41) is 3.87. The second-order valence-electron chi connectivity index (χ2n) is 6.03. The Morgan fingerprint density at radius 2 is 2.16 bits per heavy atom. The zero-order valence-corrected chi connectivity index (χ0v) is 15.8. The van der Waals surface area contributed by atoms with Crippen molar-refractivity contribution in [1.29, 1.82) is 0 Å². The number of nitrogens with one attached hydrogen (secondary N) is 1. The number of guanidine groups is 1. The fraction of sp³-hybridized carbons (Fsp3) is 0.556. The zero-order valence-electron chi connectivity index (χ0n) is 15.0. The summed E-state index contributed by atoms with van der Waals surface area (Å²) in [5.74, 6) is 1.41. The topological polar surface area (TPSA) is 63.2 Å². The van der Waals surface area contributed by atoms with E-state index in [9.17, 15) is 4.79 Å². The Morgan fingerprint density at radius 1 is 1.40 bits per heavy atom. The van der Waals surface area contributed by atoms with Gasteiger partial charge in [0.25, 0.3) is 0 Å². The fourth-order valence-corrected chi connectivity index (χ4v) is 3.08. The lowest BCUT2D eigenvalue weighted by Crippen LogP contribution is -2.41. The number of rotatable bonds is 6. The van der Waals surface area contributed by atoms with Gasteiger partial charge in [0.15, 0.2) is 5.96 Å². The van der Waals surface area contributed by atoms with Crippen LogP contribution in [0, 0.1) is 11.8 Å². The number of ether oxygens (including phenoxy) is 2. The molecule has 1 aromatic rings. The van der Waals surface area contributed by atoms with Gasteiger partial charge < -0.3 is 19.7 Å². The maximum absolute atomic E-state index is 11.9. The predicted octanol–water partition coefficient (Wildman–Crippen LogP) is 2.43. The van der Waals surface area contributed by atoms with Crippen LogP contribution in [0.1, 0.15) is 13.8 Å². The molecule has 0 spiro atoms. The van der Waals surface area contributed by atoms with Crippen LogP contribution in [0.3, 0.4) is 0 Å². The summed E-state index contributed by atoms with van der Waals surface area (Å²) in [7, 11) is 1.43. The number of benzene rings is 1. The predicted molar refractivity (Wildman–Crippen MR) is 99.2 cm³/mol. The minimum atomic E-state index is -0.159. The van der Waals surface area contributed by atoms with Crippen LogP contribution in [0.2, 0.25) is 5.02 Å². The quantitative estimate of drug-likeness (QED) is 0.362. The van der Waals surface area contributed by atoms with Crippen LogP contribution in [0.25, 0.3) is 0 Å². The van der Waals surface area contributed by atoms with Crippen molar-refractivity contribution >= 4 is 23.5 Å². The first-order valence-electron chi connectivity index (χ1n) is 8.55. The van der Waals surface area contributed by atoms with Crippen molar-refractivity contribution in [2.45, 2.75) is 13.8 Å². The van der Waals surface area contributed by atoms with Crippen LogP contribution >= 0.6 is 11.6 Å². The molecule has 138 valence electrons. The van der Waals surface area contributed by atoms with Crippen molar-refractivity contribution < 1.29 is 14.3 Å². The van der Waals surface area contributed by atoms with E-state index in [1.807, 2.05) is 25.1 Å². The molecule has 0 aromatic heterocycles. The Morgan fingerprint density at radius 3 is 2.84 bits per heavy atom. The summed E-state index contributed by atoms with van der Waals surface area (Å²) < 4.78 is 10.6. The molecule has 0 radical (unpaired) electrons. The van der Waals surface area contributed by atoms with Gasteiger partial charge in [0.1, 0.15) is 12.4 Å². The highest BCUT2D eigenvalue weighted by molar-refractivity contribution is 6.32. The molecular formula is C18H26ClN3O3. The van der Waals surface area contributed by atoms with Gasteiger partial charge in [-0.2, -0.15) is 0 Å². The first-order valence-corrected chi connectivity index (χ1v) is 8.93. The van der Waals surface area contributed by atoms with Crippen molar-refractivity contribution in [1.82, 2.24) is 10.2 Å². The van der Waals surface area contributed by atoms with Gasteiger partial charge >= 0.3 is 5.97 Å². The number of carbonyl (C=O) groups is 1. The molecule has 1 aliphatic rings. The van der Waals surface area contributed by atoms with Gasteiger partial charge in [-0.15, -0.1) is 0 Å². The Balaban J connectivity index is 1.92. The highest BCUT2D eigenvalue weighted by atomic mass is 35.5. The second-order valence-corrected chi connectivity index (χ2v) is 6.43.